The lowest BCUT2D eigenvalue weighted by Crippen LogP contribution is -2.45. The van der Waals surface area contributed by atoms with Crippen LogP contribution < -0.4 is 10.0 Å². The van der Waals surface area contributed by atoms with Crippen molar-refractivity contribution in [3.05, 3.63) is 137 Å². The first-order valence-electron chi connectivity index (χ1n) is 17.0. The van der Waals surface area contributed by atoms with Gasteiger partial charge in [-0.25, -0.2) is 13.1 Å². The second-order valence-electron chi connectivity index (χ2n) is 12.5. The molecule has 0 saturated carbocycles. The fourth-order valence-electron chi connectivity index (χ4n) is 5.90. The van der Waals surface area contributed by atoms with Crippen molar-refractivity contribution in [1.29, 1.82) is 0 Å². The van der Waals surface area contributed by atoms with Gasteiger partial charge in [0, 0.05) is 44.8 Å². The third-order valence-corrected chi connectivity index (χ3v) is 10.2. The summed E-state index contributed by atoms with van der Waals surface area (Å²) in [4.78, 5) is 31.7. The minimum Gasteiger partial charge on any atom is -0.342 e. The molecule has 2 N–H and O–H groups in total. The molecule has 1 saturated heterocycles. The average Bonchev–Trinajstić information content (AvgIpc) is 3.13. The molecule has 4 aromatic rings. The molecule has 1 aliphatic heterocycles. The van der Waals surface area contributed by atoms with E-state index < -0.39 is 22.6 Å². The van der Waals surface area contributed by atoms with Gasteiger partial charge in [-0.15, -0.1) is 0 Å². The van der Waals surface area contributed by atoms with Crippen molar-refractivity contribution in [2.75, 3.05) is 32.7 Å². The summed E-state index contributed by atoms with van der Waals surface area (Å²) in [6.45, 7) is 7.71. The number of hydrogen-bond acceptors (Lipinski definition) is 6. The van der Waals surface area contributed by atoms with E-state index in [1.807, 2.05) is 31.2 Å². The van der Waals surface area contributed by atoms with Crippen LogP contribution in [0.25, 0.3) is 12.2 Å². The first-order valence-corrected chi connectivity index (χ1v) is 18.5. The first-order chi connectivity index (χ1) is 23.8. The standard InChI is InChI=1S/C40H46N4O4S/c1-2-3-18-38(39(45)29-41-49(47,48)36-15-8-5-9-16-36)42-40(46)37-17-11-10-14-35(37)24-23-32-19-21-34(22-20-32)31-44-27-25-43(26-28-44)30-33-12-6-4-7-13-33/h4-17,19-24,38,41H,2-3,18,25-31H2,1H3,(H,42,46). The number of carbonyl (C=O) groups is 2. The van der Waals surface area contributed by atoms with E-state index in [1.165, 1.54) is 23.3 Å². The van der Waals surface area contributed by atoms with Crippen LogP contribution in [0, 0.1) is 0 Å². The quantitative estimate of drug-likeness (QED) is 0.141. The van der Waals surface area contributed by atoms with Crippen molar-refractivity contribution >= 4 is 33.9 Å². The Hall–Kier alpha value is -4.41. The molecule has 0 aromatic heterocycles. The molecule has 8 nitrogen and oxygen atoms in total. The van der Waals surface area contributed by atoms with Crippen molar-refractivity contribution in [3.8, 4) is 0 Å². The molecule has 256 valence electrons. The molecule has 5 rings (SSSR count). The fourth-order valence-corrected chi connectivity index (χ4v) is 6.92. The molecule has 1 fully saturated rings. The highest BCUT2D eigenvalue weighted by Crippen LogP contribution is 2.17. The van der Waals surface area contributed by atoms with Gasteiger partial charge in [0.05, 0.1) is 17.5 Å². The predicted molar refractivity (Wildman–Crippen MR) is 196 cm³/mol. The number of rotatable bonds is 16. The zero-order valence-electron chi connectivity index (χ0n) is 28.1. The van der Waals surface area contributed by atoms with Crippen LogP contribution in [-0.2, 0) is 27.9 Å². The highest BCUT2D eigenvalue weighted by molar-refractivity contribution is 7.89. The summed E-state index contributed by atoms with van der Waals surface area (Å²) in [5, 5.41) is 2.88. The molecule has 49 heavy (non-hydrogen) atoms. The van der Waals surface area contributed by atoms with Crippen LogP contribution in [0.4, 0.5) is 0 Å². The third-order valence-electron chi connectivity index (χ3n) is 8.79. The number of hydrogen-bond donors (Lipinski definition) is 2. The fraction of sp³-hybridized carbons (Fsp3) is 0.300. The number of piperazine rings is 1. The second-order valence-corrected chi connectivity index (χ2v) is 14.2. The van der Waals surface area contributed by atoms with Crippen molar-refractivity contribution in [2.24, 2.45) is 0 Å². The van der Waals surface area contributed by atoms with Gasteiger partial charge in [-0.2, -0.15) is 0 Å². The van der Waals surface area contributed by atoms with Crippen molar-refractivity contribution in [1.82, 2.24) is 19.8 Å². The van der Waals surface area contributed by atoms with E-state index in [-0.39, 0.29) is 16.6 Å². The maximum atomic E-state index is 13.5. The van der Waals surface area contributed by atoms with Crippen molar-refractivity contribution in [3.63, 3.8) is 0 Å². The molecule has 0 aliphatic carbocycles. The maximum Gasteiger partial charge on any atom is 0.252 e. The monoisotopic (exact) mass is 678 g/mol. The lowest BCUT2D eigenvalue weighted by molar-refractivity contribution is -0.120. The summed E-state index contributed by atoms with van der Waals surface area (Å²) < 4.78 is 27.7. The van der Waals surface area contributed by atoms with E-state index in [1.54, 1.807) is 30.3 Å². The Morgan fingerprint density at radius 3 is 1.94 bits per heavy atom. The van der Waals surface area contributed by atoms with Crippen LogP contribution in [0.2, 0.25) is 0 Å². The predicted octanol–water partition coefficient (Wildman–Crippen LogP) is 6.01. The molecule has 1 unspecified atom stereocenters. The van der Waals surface area contributed by atoms with Gasteiger partial charge >= 0.3 is 0 Å². The number of ketones is 1. The number of benzene rings is 4. The minimum absolute atomic E-state index is 0.0838. The van der Waals surface area contributed by atoms with E-state index in [0.29, 0.717) is 18.4 Å². The van der Waals surface area contributed by atoms with Gasteiger partial charge in [0.15, 0.2) is 5.78 Å². The number of amides is 1. The number of nitrogens with zero attached hydrogens (tertiary/aromatic N) is 2. The van der Waals surface area contributed by atoms with Crippen molar-refractivity contribution in [2.45, 2.75) is 50.2 Å². The second kappa shape index (κ2) is 17.8. The smallest absolute Gasteiger partial charge is 0.252 e. The molecule has 1 amide bonds. The SMILES string of the molecule is CCCCC(NC(=O)c1ccccc1C=Cc1ccc(CN2CCN(Cc3ccccc3)CC2)cc1)C(=O)CNS(=O)(=O)c1ccccc1. The molecular formula is C40H46N4O4S. The Labute approximate surface area is 290 Å². The van der Waals surface area contributed by atoms with Crippen molar-refractivity contribution < 1.29 is 18.0 Å². The molecule has 1 aliphatic rings. The summed E-state index contributed by atoms with van der Waals surface area (Å²) >= 11 is 0. The molecule has 1 heterocycles. The van der Waals surface area contributed by atoms with Crippen LogP contribution in [0.1, 0.15) is 58.8 Å². The molecule has 9 heteroatoms. The van der Waals surface area contributed by atoms with Crippen LogP contribution in [0.3, 0.4) is 0 Å². The summed E-state index contributed by atoms with van der Waals surface area (Å²) in [6, 6.07) is 33.5. The van der Waals surface area contributed by atoms with Crippen LogP contribution in [0.5, 0.6) is 0 Å². The lowest BCUT2D eigenvalue weighted by atomic mass is 10.0. The first kappa shape index (κ1) is 35.9. The number of sulfonamides is 1. The molecular weight excluding hydrogens is 633 g/mol. The van der Waals surface area contributed by atoms with Crippen LogP contribution in [-0.4, -0.2) is 68.7 Å². The number of nitrogens with one attached hydrogen (secondary N) is 2. The molecule has 0 spiro atoms. The van der Waals surface area contributed by atoms with E-state index in [0.717, 1.165) is 56.8 Å². The Bertz CT molecular complexity index is 1790. The van der Waals surface area contributed by atoms with Gasteiger partial charge in [0.25, 0.3) is 5.91 Å². The Kier molecular flexibility index (Phi) is 13.1. The molecule has 0 bridgehead atoms. The van der Waals surface area contributed by atoms with Crippen LogP contribution in [0.15, 0.2) is 114 Å². The molecule has 0 radical (unpaired) electrons. The Morgan fingerprint density at radius 2 is 1.31 bits per heavy atom. The largest absolute Gasteiger partial charge is 0.342 e. The van der Waals surface area contributed by atoms with E-state index in [9.17, 15) is 18.0 Å². The van der Waals surface area contributed by atoms with Gasteiger partial charge in [-0.3, -0.25) is 19.4 Å². The lowest BCUT2D eigenvalue weighted by Gasteiger charge is -2.34. The van der Waals surface area contributed by atoms with E-state index in [2.05, 4.69) is 74.4 Å². The zero-order valence-corrected chi connectivity index (χ0v) is 28.9. The van der Waals surface area contributed by atoms with Gasteiger partial charge in [0.1, 0.15) is 0 Å². The van der Waals surface area contributed by atoms with Gasteiger partial charge < -0.3 is 5.32 Å². The van der Waals surface area contributed by atoms with Gasteiger partial charge in [0.2, 0.25) is 10.0 Å². The Balaban J connectivity index is 1.15. The minimum atomic E-state index is -3.85. The van der Waals surface area contributed by atoms with E-state index in [4.69, 9.17) is 0 Å². The summed E-state index contributed by atoms with van der Waals surface area (Å²) in [5.41, 5.74) is 4.82. The van der Waals surface area contributed by atoms with Gasteiger partial charge in [-0.1, -0.05) is 123 Å². The highest BCUT2D eigenvalue weighted by atomic mass is 32.2. The van der Waals surface area contributed by atoms with E-state index >= 15 is 0 Å². The normalized spacial score (nSPS) is 14.9. The summed E-state index contributed by atoms with van der Waals surface area (Å²) in [7, 11) is -3.85. The summed E-state index contributed by atoms with van der Waals surface area (Å²) in [6.07, 6.45) is 5.86. The third kappa shape index (κ3) is 10.8. The van der Waals surface area contributed by atoms with Crippen LogP contribution >= 0.6 is 0 Å². The maximum absolute atomic E-state index is 13.5. The molecule has 1 atom stereocenters. The number of Topliss-reactive ketones (excluding diaryl/α,β-unsaturated/α-hetero) is 1. The zero-order chi connectivity index (χ0) is 34.5. The highest BCUT2D eigenvalue weighted by Gasteiger charge is 2.24. The topological polar surface area (TPSA) is 98.8 Å². The Morgan fingerprint density at radius 1 is 0.735 bits per heavy atom. The number of carbonyl (C=O) groups excluding carboxylic acids is 2. The van der Waals surface area contributed by atoms with Gasteiger partial charge in [-0.05, 0) is 46.9 Å². The summed E-state index contributed by atoms with van der Waals surface area (Å²) in [5.74, 6) is -0.761. The average molecular weight is 679 g/mol. The number of unbranched alkanes of at least 4 members (excludes halogenated alkanes) is 1. The molecule has 4 aromatic carbocycles.